The molecule has 0 radical (unpaired) electrons. The molecule has 0 fully saturated rings. The Morgan fingerprint density at radius 3 is 2.91 bits per heavy atom. The van der Waals surface area contributed by atoms with E-state index in [0.29, 0.717) is 10.9 Å². The van der Waals surface area contributed by atoms with E-state index in [1.165, 1.54) is 22.7 Å². The molecule has 8 heteroatoms. The second-order valence-corrected chi connectivity index (χ2v) is 6.18. The monoisotopic (exact) mass is 328 g/mol. The summed E-state index contributed by atoms with van der Waals surface area (Å²) >= 11 is 2.85. The number of nitrogens with one attached hydrogen (secondary N) is 1. The van der Waals surface area contributed by atoms with Gasteiger partial charge in [0, 0.05) is 10.9 Å². The zero-order valence-corrected chi connectivity index (χ0v) is 12.6. The first-order valence-corrected chi connectivity index (χ1v) is 8.08. The number of fused-ring (bicyclic) bond motifs is 1. The molecule has 3 heterocycles. The first-order valence-electron chi connectivity index (χ1n) is 6.32. The molecule has 1 amide bonds. The first kappa shape index (κ1) is 13.1. The highest BCUT2D eigenvalue weighted by atomic mass is 32.1. The number of rotatable bonds is 3. The Bertz CT molecular complexity index is 910. The zero-order chi connectivity index (χ0) is 14.9. The molecule has 0 aliphatic rings. The van der Waals surface area contributed by atoms with Gasteiger partial charge < -0.3 is 4.42 Å². The third kappa shape index (κ3) is 2.38. The zero-order valence-electron chi connectivity index (χ0n) is 11.0. The number of hydrogen-bond acceptors (Lipinski definition) is 7. The highest BCUT2D eigenvalue weighted by Crippen LogP contribution is 2.24. The molecule has 0 aliphatic carbocycles. The molecule has 108 valence electrons. The van der Waals surface area contributed by atoms with Crippen LogP contribution in [-0.4, -0.2) is 21.1 Å². The first-order chi connectivity index (χ1) is 10.8. The number of para-hydroxylation sites is 1. The fraction of sp³-hybridized carbons (Fsp3) is 0. The molecule has 0 aliphatic heterocycles. The van der Waals surface area contributed by atoms with Gasteiger partial charge in [0.05, 0.1) is 10.2 Å². The minimum absolute atomic E-state index is 0.0606. The molecule has 4 aromatic rings. The van der Waals surface area contributed by atoms with Gasteiger partial charge >= 0.3 is 6.01 Å². The van der Waals surface area contributed by atoms with E-state index in [2.05, 4.69) is 20.5 Å². The van der Waals surface area contributed by atoms with E-state index in [1.807, 2.05) is 41.1 Å². The molecular weight excluding hydrogens is 320 g/mol. The van der Waals surface area contributed by atoms with Crippen molar-refractivity contribution in [1.82, 2.24) is 15.2 Å². The van der Waals surface area contributed by atoms with Crippen LogP contribution in [0.4, 0.5) is 6.01 Å². The number of nitrogens with zero attached hydrogens (tertiary/aromatic N) is 3. The van der Waals surface area contributed by atoms with Gasteiger partial charge in [-0.25, -0.2) is 4.98 Å². The number of anilines is 1. The minimum Gasteiger partial charge on any atom is -0.403 e. The van der Waals surface area contributed by atoms with Gasteiger partial charge in [-0.3, -0.25) is 10.1 Å². The highest BCUT2D eigenvalue weighted by molar-refractivity contribution is 7.20. The van der Waals surface area contributed by atoms with E-state index in [9.17, 15) is 4.79 Å². The van der Waals surface area contributed by atoms with Gasteiger partial charge in [0.2, 0.25) is 0 Å². The minimum atomic E-state index is -0.360. The molecule has 4 rings (SSSR count). The molecule has 0 unspecified atom stereocenters. The summed E-state index contributed by atoms with van der Waals surface area (Å²) in [5.41, 5.74) is 1.63. The summed E-state index contributed by atoms with van der Waals surface area (Å²) in [7, 11) is 0. The topological polar surface area (TPSA) is 80.9 Å². The third-order valence-electron chi connectivity index (χ3n) is 2.90. The maximum Gasteiger partial charge on any atom is 0.322 e. The van der Waals surface area contributed by atoms with Crippen molar-refractivity contribution in [1.29, 1.82) is 0 Å². The van der Waals surface area contributed by atoms with Crippen molar-refractivity contribution in [3.05, 3.63) is 46.1 Å². The lowest BCUT2D eigenvalue weighted by Crippen LogP contribution is -2.11. The maximum absolute atomic E-state index is 12.2. The number of carbonyl (C=O) groups excluding carboxylic acids is 1. The predicted octanol–water partition coefficient (Wildman–Crippen LogP) is 3.66. The molecule has 0 bridgehead atoms. The van der Waals surface area contributed by atoms with E-state index in [-0.39, 0.29) is 11.9 Å². The molecule has 0 saturated heterocycles. The molecule has 22 heavy (non-hydrogen) atoms. The number of aromatic nitrogens is 3. The number of carbonyl (C=O) groups is 1. The van der Waals surface area contributed by atoms with Crippen LogP contribution in [0.3, 0.4) is 0 Å². The van der Waals surface area contributed by atoms with Gasteiger partial charge in [-0.15, -0.1) is 16.4 Å². The van der Waals surface area contributed by atoms with Crippen LogP contribution in [0.2, 0.25) is 0 Å². The van der Waals surface area contributed by atoms with Crippen LogP contribution >= 0.6 is 22.7 Å². The van der Waals surface area contributed by atoms with Crippen molar-refractivity contribution in [2.24, 2.45) is 0 Å². The van der Waals surface area contributed by atoms with Crippen molar-refractivity contribution in [3.63, 3.8) is 0 Å². The van der Waals surface area contributed by atoms with E-state index in [0.717, 1.165) is 15.8 Å². The molecular formula is C14H8N4O2S2. The summed E-state index contributed by atoms with van der Waals surface area (Å²) in [6.45, 7) is 0. The second-order valence-electron chi connectivity index (χ2n) is 4.37. The van der Waals surface area contributed by atoms with Crippen molar-refractivity contribution >= 4 is 44.8 Å². The van der Waals surface area contributed by atoms with E-state index < -0.39 is 0 Å². The smallest absolute Gasteiger partial charge is 0.322 e. The van der Waals surface area contributed by atoms with Crippen molar-refractivity contribution in [3.8, 4) is 11.5 Å². The van der Waals surface area contributed by atoms with Crippen LogP contribution in [0.5, 0.6) is 0 Å². The van der Waals surface area contributed by atoms with Crippen molar-refractivity contribution in [2.75, 3.05) is 5.32 Å². The number of amides is 1. The normalized spacial score (nSPS) is 10.9. The summed E-state index contributed by atoms with van der Waals surface area (Å²) < 4.78 is 6.38. The van der Waals surface area contributed by atoms with Crippen LogP contribution in [0.25, 0.3) is 21.7 Å². The molecule has 1 N–H and O–H groups in total. The fourth-order valence-electron chi connectivity index (χ4n) is 1.90. The van der Waals surface area contributed by atoms with E-state index in [4.69, 9.17) is 4.42 Å². The second kappa shape index (κ2) is 5.32. The Morgan fingerprint density at radius 2 is 2.09 bits per heavy atom. The molecule has 1 aromatic carbocycles. The number of hydrogen-bond donors (Lipinski definition) is 1. The molecule has 0 atom stereocenters. The van der Waals surface area contributed by atoms with Crippen LogP contribution < -0.4 is 5.32 Å². The summed E-state index contributed by atoms with van der Waals surface area (Å²) in [6, 6.07) is 9.51. The van der Waals surface area contributed by atoms with Crippen molar-refractivity contribution < 1.29 is 9.21 Å². The fourth-order valence-corrected chi connectivity index (χ4v) is 3.39. The van der Waals surface area contributed by atoms with Gasteiger partial charge in [-0.05, 0) is 23.6 Å². The Labute approximate surface area is 132 Å². The van der Waals surface area contributed by atoms with Gasteiger partial charge in [0.25, 0.3) is 11.8 Å². The Kier molecular flexibility index (Phi) is 3.17. The summed E-state index contributed by atoms with van der Waals surface area (Å²) in [4.78, 5) is 16.5. The third-order valence-corrected chi connectivity index (χ3v) is 4.62. The lowest BCUT2D eigenvalue weighted by atomic mass is 10.3. The summed E-state index contributed by atoms with van der Waals surface area (Å²) in [5, 5.41) is 14.5. The van der Waals surface area contributed by atoms with Crippen LogP contribution in [-0.2, 0) is 0 Å². The predicted molar refractivity (Wildman–Crippen MR) is 85.2 cm³/mol. The number of thiazole rings is 1. The number of benzene rings is 1. The molecule has 6 nitrogen and oxygen atoms in total. The SMILES string of the molecule is O=C(Nc1nnc(-c2ccsc2)o1)c1nc2ccccc2s1. The Morgan fingerprint density at radius 1 is 1.18 bits per heavy atom. The lowest BCUT2D eigenvalue weighted by Gasteiger charge is -1.94. The molecule has 3 aromatic heterocycles. The van der Waals surface area contributed by atoms with Gasteiger partial charge in [-0.2, -0.15) is 11.3 Å². The summed E-state index contributed by atoms with van der Waals surface area (Å²) in [6.07, 6.45) is 0. The van der Waals surface area contributed by atoms with Crippen LogP contribution in [0.15, 0.2) is 45.5 Å². The van der Waals surface area contributed by atoms with Gasteiger partial charge in [-0.1, -0.05) is 17.2 Å². The van der Waals surface area contributed by atoms with E-state index in [1.54, 1.807) is 0 Å². The standard InChI is InChI=1S/C14H8N4O2S2/c19-11(13-15-9-3-1-2-4-10(9)22-13)16-14-18-17-12(20-14)8-5-6-21-7-8/h1-7H,(H,16,18,19). The van der Waals surface area contributed by atoms with E-state index >= 15 is 0 Å². The summed E-state index contributed by atoms with van der Waals surface area (Å²) in [5.74, 6) is 0.0163. The quantitative estimate of drug-likeness (QED) is 0.621. The molecule has 0 spiro atoms. The van der Waals surface area contributed by atoms with Crippen LogP contribution in [0.1, 0.15) is 9.80 Å². The van der Waals surface area contributed by atoms with Crippen molar-refractivity contribution in [2.45, 2.75) is 0 Å². The largest absolute Gasteiger partial charge is 0.403 e. The highest BCUT2D eigenvalue weighted by Gasteiger charge is 2.16. The lowest BCUT2D eigenvalue weighted by molar-refractivity contribution is 0.102. The van der Waals surface area contributed by atoms with Crippen LogP contribution in [0, 0.1) is 0 Å². The van der Waals surface area contributed by atoms with Gasteiger partial charge in [0.15, 0.2) is 5.01 Å². The molecule has 0 saturated carbocycles. The average Bonchev–Trinajstić information content (AvgIpc) is 3.26. The maximum atomic E-state index is 12.2. The average molecular weight is 328 g/mol. The number of thiophene rings is 1. The Hall–Kier alpha value is -2.58. The Balaban J connectivity index is 1.56. The van der Waals surface area contributed by atoms with Gasteiger partial charge in [0.1, 0.15) is 0 Å².